The van der Waals surface area contributed by atoms with Crippen LogP contribution in [0, 0.1) is 13.8 Å². The molecule has 2 N–H and O–H groups in total. The van der Waals surface area contributed by atoms with E-state index in [0.717, 1.165) is 11.1 Å². The number of benzene rings is 2. The minimum Gasteiger partial charge on any atom is -0.392 e. The third-order valence-corrected chi connectivity index (χ3v) is 3.14. The molecule has 0 bridgehead atoms. The van der Waals surface area contributed by atoms with Crippen molar-refractivity contribution in [1.29, 1.82) is 0 Å². The van der Waals surface area contributed by atoms with Crippen LogP contribution in [0.5, 0.6) is 0 Å². The molecule has 0 heterocycles. The molecule has 0 atom stereocenters. The summed E-state index contributed by atoms with van der Waals surface area (Å²) in [5.41, 5.74) is 3.94. The highest BCUT2D eigenvalue weighted by atomic mass is 16.3. The fraction of sp³-hybridized carbons (Fsp3) is 0.188. The lowest BCUT2D eigenvalue weighted by Crippen LogP contribution is -2.16. The first-order valence-electron chi connectivity index (χ1n) is 6.20. The molecule has 3 nitrogen and oxygen atoms in total. The van der Waals surface area contributed by atoms with Crippen LogP contribution in [-0.4, -0.2) is 11.0 Å². The van der Waals surface area contributed by atoms with Gasteiger partial charge in [-0.2, -0.15) is 0 Å². The number of aliphatic hydroxyl groups excluding tert-OH is 1. The summed E-state index contributed by atoms with van der Waals surface area (Å²) in [4.78, 5) is 12.3. The Morgan fingerprint density at radius 3 is 2.32 bits per heavy atom. The van der Waals surface area contributed by atoms with Gasteiger partial charge in [0, 0.05) is 16.8 Å². The minimum atomic E-state index is -0.142. The van der Waals surface area contributed by atoms with Crippen molar-refractivity contribution in [3.63, 3.8) is 0 Å². The van der Waals surface area contributed by atoms with Crippen LogP contribution >= 0.6 is 0 Å². The monoisotopic (exact) mass is 255 g/mol. The molecule has 1 amide bonds. The number of carbonyl (C=O) groups excluding carboxylic acids is 1. The lowest BCUT2D eigenvalue weighted by Gasteiger charge is -2.12. The molecule has 0 aliphatic rings. The largest absolute Gasteiger partial charge is 0.392 e. The van der Waals surface area contributed by atoms with Crippen LogP contribution in [0.4, 0.5) is 5.69 Å². The Bertz CT molecular complexity index is 585. The average molecular weight is 255 g/mol. The zero-order valence-corrected chi connectivity index (χ0v) is 11.1. The maximum atomic E-state index is 12.3. The molecule has 2 aromatic carbocycles. The number of amides is 1. The Hall–Kier alpha value is -2.13. The molecule has 0 fully saturated rings. The Labute approximate surface area is 112 Å². The highest BCUT2D eigenvalue weighted by molar-refractivity contribution is 6.06. The van der Waals surface area contributed by atoms with E-state index in [1.165, 1.54) is 0 Å². The highest BCUT2D eigenvalue weighted by Crippen LogP contribution is 2.19. The summed E-state index contributed by atoms with van der Waals surface area (Å²) < 4.78 is 0. The highest BCUT2D eigenvalue weighted by Gasteiger charge is 2.13. The Morgan fingerprint density at radius 1 is 1.05 bits per heavy atom. The normalized spacial score (nSPS) is 10.3. The maximum Gasteiger partial charge on any atom is 0.256 e. The molecule has 19 heavy (non-hydrogen) atoms. The van der Waals surface area contributed by atoms with Crippen LogP contribution in [-0.2, 0) is 6.61 Å². The van der Waals surface area contributed by atoms with Gasteiger partial charge in [-0.25, -0.2) is 0 Å². The third-order valence-electron chi connectivity index (χ3n) is 3.14. The molecule has 0 radical (unpaired) electrons. The van der Waals surface area contributed by atoms with Gasteiger partial charge in [-0.15, -0.1) is 0 Å². The van der Waals surface area contributed by atoms with Crippen molar-refractivity contribution >= 4 is 11.6 Å². The van der Waals surface area contributed by atoms with E-state index in [-0.39, 0.29) is 12.5 Å². The lowest BCUT2D eigenvalue weighted by molar-refractivity contribution is 0.102. The standard InChI is InChI=1S/C16H17NO2/c1-11-6-5-7-12(2)15(11)16(19)17-14-9-4-3-8-13(14)10-18/h3-9,18H,10H2,1-2H3,(H,17,19). The van der Waals surface area contributed by atoms with Gasteiger partial charge < -0.3 is 10.4 Å². The summed E-state index contributed by atoms with van der Waals surface area (Å²) in [7, 11) is 0. The Morgan fingerprint density at radius 2 is 1.68 bits per heavy atom. The second kappa shape index (κ2) is 5.67. The summed E-state index contributed by atoms with van der Waals surface area (Å²) >= 11 is 0. The number of anilines is 1. The SMILES string of the molecule is Cc1cccc(C)c1C(=O)Nc1ccccc1CO. The Kier molecular flexibility index (Phi) is 3.97. The molecule has 0 spiro atoms. The molecule has 2 rings (SSSR count). The van der Waals surface area contributed by atoms with E-state index in [0.29, 0.717) is 16.8 Å². The summed E-state index contributed by atoms with van der Waals surface area (Å²) in [6.07, 6.45) is 0. The van der Waals surface area contributed by atoms with E-state index >= 15 is 0 Å². The molecule has 0 saturated carbocycles. The first-order chi connectivity index (χ1) is 9.13. The first-order valence-corrected chi connectivity index (χ1v) is 6.20. The minimum absolute atomic E-state index is 0.0940. The molecule has 0 aliphatic heterocycles. The molecular weight excluding hydrogens is 238 g/mol. The predicted molar refractivity (Wildman–Crippen MR) is 76.2 cm³/mol. The van der Waals surface area contributed by atoms with Gasteiger partial charge in [0.25, 0.3) is 5.91 Å². The molecule has 2 aromatic rings. The van der Waals surface area contributed by atoms with Crippen molar-refractivity contribution in [1.82, 2.24) is 0 Å². The quantitative estimate of drug-likeness (QED) is 0.885. The van der Waals surface area contributed by atoms with Gasteiger partial charge in [0.05, 0.1) is 6.61 Å². The van der Waals surface area contributed by atoms with Gasteiger partial charge in [-0.1, -0.05) is 36.4 Å². The van der Waals surface area contributed by atoms with Crippen molar-refractivity contribution in [2.75, 3.05) is 5.32 Å². The smallest absolute Gasteiger partial charge is 0.256 e. The van der Waals surface area contributed by atoms with Crippen LogP contribution in [0.25, 0.3) is 0 Å². The number of nitrogens with one attached hydrogen (secondary N) is 1. The predicted octanol–water partition coefficient (Wildman–Crippen LogP) is 3.05. The molecule has 0 unspecified atom stereocenters. The lowest BCUT2D eigenvalue weighted by atomic mass is 10.0. The van der Waals surface area contributed by atoms with Crippen molar-refractivity contribution in [3.8, 4) is 0 Å². The molecule has 98 valence electrons. The van der Waals surface area contributed by atoms with Gasteiger partial charge >= 0.3 is 0 Å². The molecule has 0 aromatic heterocycles. The second-order valence-corrected chi connectivity index (χ2v) is 4.54. The summed E-state index contributed by atoms with van der Waals surface area (Å²) in [5, 5.41) is 12.1. The van der Waals surface area contributed by atoms with Crippen LogP contribution in [0.2, 0.25) is 0 Å². The van der Waals surface area contributed by atoms with Crippen LogP contribution in [0.1, 0.15) is 27.0 Å². The van der Waals surface area contributed by atoms with Crippen molar-refractivity contribution < 1.29 is 9.90 Å². The van der Waals surface area contributed by atoms with E-state index in [4.69, 9.17) is 0 Å². The van der Waals surface area contributed by atoms with Gasteiger partial charge in [-0.3, -0.25) is 4.79 Å². The van der Waals surface area contributed by atoms with E-state index in [1.807, 2.05) is 44.2 Å². The van der Waals surface area contributed by atoms with E-state index in [2.05, 4.69) is 5.32 Å². The molecule has 3 heteroatoms. The third kappa shape index (κ3) is 2.83. The number of rotatable bonds is 3. The van der Waals surface area contributed by atoms with E-state index < -0.39 is 0 Å². The average Bonchev–Trinajstić information content (AvgIpc) is 2.39. The number of hydrogen-bond acceptors (Lipinski definition) is 2. The van der Waals surface area contributed by atoms with Crippen LogP contribution < -0.4 is 5.32 Å². The second-order valence-electron chi connectivity index (χ2n) is 4.54. The number of carbonyl (C=O) groups is 1. The van der Waals surface area contributed by atoms with Crippen LogP contribution in [0.15, 0.2) is 42.5 Å². The molecule has 0 aliphatic carbocycles. The fourth-order valence-corrected chi connectivity index (χ4v) is 2.14. The van der Waals surface area contributed by atoms with Crippen molar-refractivity contribution in [2.24, 2.45) is 0 Å². The number of para-hydroxylation sites is 1. The van der Waals surface area contributed by atoms with Gasteiger partial charge in [0.2, 0.25) is 0 Å². The van der Waals surface area contributed by atoms with Gasteiger partial charge in [0.15, 0.2) is 0 Å². The maximum absolute atomic E-state index is 12.3. The summed E-state index contributed by atoms with van der Waals surface area (Å²) in [6.45, 7) is 3.74. The summed E-state index contributed by atoms with van der Waals surface area (Å²) in [5.74, 6) is -0.142. The fourth-order valence-electron chi connectivity index (χ4n) is 2.14. The first kappa shape index (κ1) is 13.3. The summed E-state index contributed by atoms with van der Waals surface area (Å²) in [6, 6.07) is 13.0. The Balaban J connectivity index is 2.31. The van der Waals surface area contributed by atoms with Crippen LogP contribution in [0.3, 0.4) is 0 Å². The zero-order valence-electron chi connectivity index (χ0n) is 11.1. The molecule has 0 saturated heterocycles. The number of aliphatic hydroxyl groups is 1. The topological polar surface area (TPSA) is 49.3 Å². The number of hydrogen-bond donors (Lipinski definition) is 2. The van der Waals surface area contributed by atoms with E-state index in [1.54, 1.807) is 12.1 Å². The van der Waals surface area contributed by atoms with Gasteiger partial charge in [-0.05, 0) is 31.0 Å². The van der Waals surface area contributed by atoms with Crippen molar-refractivity contribution in [2.45, 2.75) is 20.5 Å². The van der Waals surface area contributed by atoms with Crippen molar-refractivity contribution in [3.05, 3.63) is 64.7 Å². The van der Waals surface area contributed by atoms with E-state index in [9.17, 15) is 9.90 Å². The van der Waals surface area contributed by atoms with Gasteiger partial charge in [0.1, 0.15) is 0 Å². The zero-order chi connectivity index (χ0) is 13.8. The number of aryl methyl sites for hydroxylation is 2. The molecular formula is C16H17NO2.